The molecule has 0 saturated carbocycles. The first-order valence-electron chi connectivity index (χ1n) is 9.31. The number of carbonyl (C=O) groups excluding carboxylic acids is 1. The van der Waals surface area contributed by atoms with Crippen molar-refractivity contribution in [3.63, 3.8) is 0 Å². The van der Waals surface area contributed by atoms with Gasteiger partial charge in [-0.15, -0.1) is 0 Å². The largest absolute Gasteiger partial charge is 0.493 e. The summed E-state index contributed by atoms with van der Waals surface area (Å²) in [6, 6.07) is 5.35. The van der Waals surface area contributed by atoms with Crippen LogP contribution in [0.15, 0.2) is 18.2 Å². The van der Waals surface area contributed by atoms with E-state index in [4.69, 9.17) is 14.2 Å². The molecule has 9 heteroatoms. The first-order valence-corrected chi connectivity index (χ1v) is 11.2. The van der Waals surface area contributed by atoms with Crippen LogP contribution < -0.4 is 14.8 Å². The Balaban J connectivity index is 1.95. The topological polar surface area (TPSA) is 94.2 Å². The lowest BCUT2D eigenvalue weighted by Crippen LogP contribution is -2.43. The van der Waals surface area contributed by atoms with Crippen LogP contribution in [-0.4, -0.2) is 65.4 Å². The zero-order valence-corrected chi connectivity index (χ0v) is 17.8. The van der Waals surface area contributed by atoms with Crippen molar-refractivity contribution in [2.75, 3.05) is 46.8 Å². The Bertz CT molecular complexity index is 760. The molecule has 1 aliphatic heterocycles. The lowest BCUT2D eigenvalue weighted by molar-refractivity contribution is -0.126. The molecule has 8 nitrogen and oxygen atoms in total. The molecule has 0 aromatic heterocycles. The summed E-state index contributed by atoms with van der Waals surface area (Å²) < 4.78 is 40.6. The van der Waals surface area contributed by atoms with E-state index >= 15 is 0 Å². The van der Waals surface area contributed by atoms with Gasteiger partial charge in [0, 0.05) is 26.1 Å². The van der Waals surface area contributed by atoms with E-state index in [1.165, 1.54) is 10.6 Å². The van der Waals surface area contributed by atoms with E-state index in [1.54, 1.807) is 14.2 Å². The number of methoxy groups -OCH3 is 2. The number of benzene rings is 1. The summed E-state index contributed by atoms with van der Waals surface area (Å²) in [5.41, 5.74) is 0.901. The first kappa shape index (κ1) is 22.4. The summed E-state index contributed by atoms with van der Waals surface area (Å²) in [6.07, 6.45) is 2.26. The van der Waals surface area contributed by atoms with Gasteiger partial charge in [0.15, 0.2) is 11.5 Å². The van der Waals surface area contributed by atoms with Crippen molar-refractivity contribution in [1.82, 2.24) is 9.62 Å². The number of piperidine rings is 1. The molecule has 0 radical (unpaired) electrons. The Labute approximate surface area is 167 Å². The summed E-state index contributed by atoms with van der Waals surface area (Å²) in [7, 11) is -0.0127. The van der Waals surface area contributed by atoms with Crippen LogP contribution in [0.4, 0.5) is 0 Å². The normalized spacial score (nSPS) is 17.1. The lowest BCUT2D eigenvalue weighted by atomic mass is 9.96. The zero-order chi connectivity index (χ0) is 20.7. The van der Waals surface area contributed by atoms with Gasteiger partial charge in [-0.05, 0) is 37.5 Å². The number of carbonyl (C=O) groups is 1. The van der Waals surface area contributed by atoms with Crippen LogP contribution >= 0.6 is 0 Å². The molecule has 1 amide bonds. The summed E-state index contributed by atoms with van der Waals surface area (Å²) >= 11 is 0. The molecule has 1 saturated heterocycles. The second kappa shape index (κ2) is 10.1. The minimum atomic E-state index is -3.19. The number of amides is 1. The van der Waals surface area contributed by atoms with Crippen LogP contribution in [-0.2, 0) is 19.6 Å². The predicted octanol–water partition coefficient (Wildman–Crippen LogP) is 1.57. The highest BCUT2D eigenvalue weighted by atomic mass is 32.2. The summed E-state index contributed by atoms with van der Waals surface area (Å²) in [5.74, 6) is 0.977. The highest BCUT2D eigenvalue weighted by Gasteiger charge is 2.29. The molecule has 158 valence electrons. The van der Waals surface area contributed by atoms with Crippen molar-refractivity contribution in [3.05, 3.63) is 23.8 Å². The zero-order valence-electron chi connectivity index (χ0n) is 16.9. The fraction of sp³-hybridized carbons (Fsp3) is 0.632. The quantitative estimate of drug-likeness (QED) is 0.617. The Morgan fingerprint density at radius 1 is 1.21 bits per heavy atom. The number of nitrogens with one attached hydrogen (secondary N) is 1. The Hall–Kier alpha value is -1.84. The minimum absolute atomic E-state index is 0.0555. The van der Waals surface area contributed by atoms with Crippen LogP contribution in [0.2, 0.25) is 0 Å². The van der Waals surface area contributed by atoms with E-state index in [-0.39, 0.29) is 17.9 Å². The van der Waals surface area contributed by atoms with Crippen molar-refractivity contribution >= 4 is 15.9 Å². The fourth-order valence-electron chi connectivity index (χ4n) is 3.17. The number of nitrogens with zero attached hydrogens (tertiary/aromatic N) is 1. The van der Waals surface area contributed by atoms with Crippen LogP contribution in [0, 0.1) is 5.92 Å². The third-order valence-electron chi connectivity index (χ3n) is 4.89. The van der Waals surface area contributed by atoms with E-state index in [1.807, 2.05) is 25.1 Å². The van der Waals surface area contributed by atoms with Crippen molar-refractivity contribution in [1.29, 1.82) is 0 Å². The molecule has 0 bridgehead atoms. The molecular formula is C19H30N2O6S. The van der Waals surface area contributed by atoms with E-state index in [0.29, 0.717) is 50.6 Å². The molecule has 0 aliphatic carbocycles. The molecule has 0 spiro atoms. The third kappa shape index (κ3) is 6.08. The Morgan fingerprint density at radius 3 is 2.46 bits per heavy atom. The first-order chi connectivity index (χ1) is 13.3. The molecule has 1 unspecified atom stereocenters. The summed E-state index contributed by atoms with van der Waals surface area (Å²) in [4.78, 5) is 12.6. The van der Waals surface area contributed by atoms with Gasteiger partial charge in [0.05, 0.1) is 26.0 Å². The number of rotatable bonds is 9. The molecule has 1 aliphatic rings. The highest BCUT2D eigenvalue weighted by molar-refractivity contribution is 7.88. The van der Waals surface area contributed by atoms with Crippen molar-refractivity contribution in [2.24, 2.45) is 5.92 Å². The minimum Gasteiger partial charge on any atom is -0.493 e. The maximum Gasteiger partial charge on any atom is 0.223 e. The van der Waals surface area contributed by atoms with Gasteiger partial charge in [-0.1, -0.05) is 6.07 Å². The molecule has 1 aromatic carbocycles. The van der Waals surface area contributed by atoms with Crippen LogP contribution in [0.5, 0.6) is 11.5 Å². The Kier molecular flexibility index (Phi) is 8.09. The SMILES string of the molecule is COCCOc1ccc(C(C)NC(=O)C2CCN(S(C)(=O)=O)CC2)cc1OC. The second-order valence-electron chi connectivity index (χ2n) is 6.92. The summed E-state index contributed by atoms with van der Waals surface area (Å²) in [5, 5.41) is 3.02. The van der Waals surface area contributed by atoms with Gasteiger partial charge in [0.1, 0.15) is 6.61 Å². The predicted molar refractivity (Wildman–Crippen MR) is 106 cm³/mol. The van der Waals surface area contributed by atoms with Gasteiger partial charge < -0.3 is 19.5 Å². The summed E-state index contributed by atoms with van der Waals surface area (Å²) in [6.45, 7) is 3.57. The lowest BCUT2D eigenvalue weighted by Gasteiger charge is -2.30. The van der Waals surface area contributed by atoms with Crippen molar-refractivity contribution in [2.45, 2.75) is 25.8 Å². The monoisotopic (exact) mass is 414 g/mol. The molecule has 28 heavy (non-hydrogen) atoms. The number of sulfonamides is 1. The molecule has 1 aromatic rings. The molecular weight excluding hydrogens is 384 g/mol. The maximum absolute atomic E-state index is 12.6. The van der Waals surface area contributed by atoms with Gasteiger partial charge in [-0.3, -0.25) is 4.79 Å². The highest BCUT2D eigenvalue weighted by Crippen LogP contribution is 2.30. The molecule has 1 atom stereocenters. The van der Waals surface area contributed by atoms with Gasteiger partial charge in [0.2, 0.25) is 15.9 Å². The van der Waals surface area contributed by atoms with E-state index in [9.17, 15) is 13.2 Å². The van der Waals surface area contributed by atoms with Gasteiger partial charge in [-0.2, -0.15) is 0 Å². The van der Waals surface area contributed by atoms with Crippen molar-refractivity contribution < 1.29 is 27.4 Å². The number of ether oxygens (including phenoxy) is 3. The van der Waals surface area contributed by atoms with Crippen LogP contribution in [0.1, 0.15) is 31.4 Å². The molecule has 1 heterocycles. The average molecular weight is 415 g/mol. The van der Waals surface area contributed by atoms with Gasteiger partial charge in [-0.25, -0.2) is 12.7 Å². The number of hydrogen-bond donors (Lipinski definition) is 1. The van der Waals surface area contributed by atoms with E-state index < -0.39 is 10.0 Å². The molecule has 2 rings (SSSR count). The molecule has 1 fully saturated rings. The van der Waals surface area contributed by atoms with Crippen LogP contribution in [0.25, 0.3) is 0 Å². The van der Waals surface area contributed by atoms with E-state index in [2.05, 4.69) is 5.32 Å². The van der Waals surface area contributed by atoms with Gasteiger partial charge >= 0.3 is 0 Å². The number of hydrogen-bond acceptors (Lipinski definition) is 6. The second-order valence-corrected chi connectivity index (χ2v) is 8.90. The molecule has 1 N–H and O–H groups in total. The maximum atomic E-state index is 12.6. The third-order valence-corrected chi connectivity index (χ3v) is 6.19. The van der Waals surface area contributed by atoms with Crippen molar-refractivity contribution in [3.8, 4) is 11.5 Å². The van der Waals surface area contributed by atoms with Gasteiger partial charge in [0.25, 0.3) is 0 Å². The van der Waals surface area contributed by atoms with E-state index in [0.717, 1.165) is 5.56 Å². The fourth-order valence-corrected chi connectivity index (χ4v) is 4.05. The smallest absolute Gasteiger partial charge is 0.223 e. The van der Waals surface area contributed by atoms with Crippen LogP contribution in [0.3, 0.4) is 0 Å². The Morgan fingerprint density at radius 2 is 1.89 bits per heavy atom. The standard InChI is InChI=1S/C19H30N2O6S/c1-14(16-5-6-17(18(13-16)26-3)27-12-11-25-2)20-19(22)15-7-9-21(10-8-15)28(4,23)24/h5-6,13-15H,7-12H2,1-4H3,(H,20,22). The average Bonchev–Trinajstić information content (AvgIpc) is 2.67.